The summed E-state index contributed by atoms with van der Waals surface area (Å²) in [6.45, 7) is 21.4. The zero-order valence-corrected chi connectivity index (χ0v) is 25.9. The molecule has 218 valence electrons. The van der Waals surface area contributed by atoms with Gasteiger partial charge in [-0.05, 0) is 65.7 Å². The van der Waals surface area contributed by atoms with Crippen LogP contribution in [0.15, 0.2) is 0 Å². The number of hydrogen-bond donors (Lipinski definition) is 2. The monoisotopic (exact) mass is 568 g/mol. The van der Waals surface area contributed by atoms with Gasteiger partial charge >= 0.3 is 21.7 Å². The number of aliphatic carboxylic acids is 2. The number of carbonyl (C=O) groups excluding carboxylic acids is 4. The Morgan fingerprint density at radius 3 is 0.946 bits per heavy atom. The Kier molecular flexibility index (Phi) is 40.6. The molecular formula is C26H52N2O8Ti. The first-order valence-corrected chi connectivity index (χ1v) is 13.0. The molecule has 2 unspecified atom stereocenters. The third-order valence-electron chi connectivity index (χ3n) is 5.42. The van der Waals surface area contributed by atoms with E-state index in [2.05, 4.69) is 37.5 Å². The summed E-state index contributed by atoms with van der Waals surface area (Å²) in [6.07, 6.45) is 2.44. The number of carbonyl (C=O) groups is 4. The summed E-state index contributed by atoms with van der Waals surface area (Å²) < 4.78 is 0. The molecule has 2 atom stereocenters. The predicted octanol–water partition coefficient (Wildman–Crippen LogP) is 0.122. The van der Waals surface area contributed by atoms with E-state index in [9.17, 15) is 29.4 Å². The number of ketones is 2. The van der Waals surface area contributed by atoms with Gasteiger partial charge in [-0.1, -0.05) is 41.5 Å². The third-order valence-corrected chi connectivity index (χ3v) is 5.42. The van der Waals surface area contributed by atoms with Gasteiger partial charge in [-0.3, -0.25) is 9.59 Å². The van der Waals surface area contributed by atoms with E-state index in [1.54, 1.807) is 13.8 Å². The van der Waals surface area contributed by atoms with Crippen LogP contribution in [0.1, 0.15) is 81.1 Å². The van der Waals surface area contributed by atoms with Crippen molar-refractivity contribution >= 4 is 23.5 Å². The summed E-state index contributed by atoms with van der Waals surface area (Å²) in [5.74, 6) is -5.04. The van der Waals surface area contributed by atoms with Crippen LogP contribution < -0.4 is 10.2 Å². The van der Waals surface area contributed by atoms with Crippen molar-refractivity contribution in [3.05, 3.63) is 0 Å². The van der Waals surface area contributed by atoms with Gasteiger partial charge in [-0.25, -0.2) is 0 Å². The molecule has 0 amide bonds. The maximum absolute atomic E-state index is 10.4. The van der Waals surface area contributed by atoms with Crippen LogP contribution >= 0.6 is 0 Å². The Morgan fingerprint density at radius 2 is 0.865 bits per heavy atom. The molecule has 0 aromatic rings. The van der Waals surface area contributed by atoms with E-state index in [-0.39, 0.29) is 33.3 Å². The van der Waals surface area contributed by atoms with E-state index in [1.165, 1.54) is 13.8 Å². The summed E-state index contributed by atoms with van der Waals surface area (Å²) in [7, 11) is 0. The van der Waals surface area contributed by atoms with Crippen LogP contribution in [0, 0.1) is 11.8 Å². The number of carboxylic acids is 2. The van der Waals surface area contributed by atoms with Crippen LogP contribution in [0.5, 0.6) is 0 Å². The molecule has 0 rings (SSSR count). The zero-order chi connectivity index (χ0) is 29.1. The molecule has 0 radical (unpaired) electrons. The average Bonchev–Trinajstić information content (AvgIpc) is 2.81. The molecular weight excluding hydrogens is 516 g/mol. The van der Waals surface area contributed by atoms with Crippen molar-refractivity contribution in [2.24, 2.45) is 11.8 Å². The molecule has 0 fully saturated rings. The molecule has 0 saturated heterocycles. The number of carboxylic acid groups (broad SMARTS) is 2. The van der Waals surface area contributed by atoms with E-state index in [0.717, 1.165) is 52.1 Å². The molecule has 11 heteroatoms. The van der Waals surface area contributed by atoms with Crippen LogP contribution in [0.3, 0.4) is 0 Å². The van der Waals surface area contributed by atoms with Crippen LogP contribution in [-0.2, 0) is 40.9 Å². The van der Waals surface area contributed by atoms with Gasteiger partial charge in [0.25, 0.3) is 0 Å². The van der Waals surface area contributed by atoms with Gasteiger partial charge in [0, 0.05) is 26.3 Å². The molecule has 2 N–H and O–H groups in total. The van der Waals surface area contributed by atoms with E-state index >= 15 is 0 Å². The summed E-state index contributed by atoms with van der Waals surface area (Å²) in [5, 5.41) is 37.0. The van der Waals surface area contributed by atoms with E-state index in [4.69, 9.17) is 10.2 Å². The summed E-state index contributed by atoms with van der Waals surface area (Å²) >= 11 is 0. The second-order valence-electron chi connectivity index (χ2n) is 7.99. The van der Waals surface area contributed by atoms with Crippen molar-refractivity contribution in [1.29, 1.82) is 0 Å². The number of nitrogens with zero attached hydrogens (tertiary/aromatic N) is 2. The summed E-state index contributed by atoms with van der Waals surface area (Å²) in [6, 6.07) is 0. The Labute approximate surface area is 239 Å². The maximum atomic E-state index is 10.4. The average molecular weight is 569 g/mol. The van der Waals surface area contributed by atoms with Crippen molar-refractivity contribution in [2.45, 2.75) is 81.1 Å². The SMILES string of the molecule is CCC(C(C)=O)C(=O)[O-].CCC(C(C)=O)C(=O)[O-].CCN(CC)CCCO.CCN(CC)CCCO.[Ti+2]. The fraction of sp³-hybridized carbons (Fsp3) is 0.846. The Bertz CT molecular complexity index is 481. The van der Waals surface area contributed by atoms with Crippen molar-refractivity contribution in [3.63, 3.8) is 0 Å². The van der Waals surface area contributed by atoms with E-state index in [1.807, 2.05) is 0 Å². The van der Waals surface area contributed by atoms with Crippen molar-refractivity contribution in [1.82, 2.24) is 9.80 Å². The predicted molar refractivity (Wildman–Crippen MR) is 138 cm³/mol. The van der Waals surface area contributed by atoms with Crippen molar-refractivity contribution < 1.29 is 61.3 Å². The quantitative estimate of drug-likeness (QED) is 0.193. The second kappa shape index (κ2) is 32.9. The number of rotatable bonds is 16. The molecule has 0 bridgehead atoms. The molecule has 37 heavy (non-hydrogen) atoms. The summed E-state index contributed by atoms with van der Waals surface area (Å²) in [5.41, 5.74) is 0. The number of hydrogen-bond acceptors (Lipinski definition) is 10. The topological polar surface area (TPSA) is 161 Å². The molecule has 0 aromatic carbocycles. The minimum atomic E-state index is -1.27. The fourth-order valence-corrected chi connectivity index (χ4v) is 2.91. The molecule has 0 aliphatic heterocycles. The largest absolute Gasteiger partial charge is 2.00 e. The third kappa shape index (κ3) is 30.9. The van der Waals surface area contributed by atoms with Gasteiger partial charge in [0.2, 0.25) is 0 Å². The van der Waals surface area contributed by atoms with Gasteiger partial charge < -0.3 is 39.8 Å². The van der Waals surface area contributed by atoms with Crippen LogP contribution in [0.2, 0.25) is 0 Å². The van der Waals surface area contributed by atoms with Gasteiger partial charge in [-0.2, -0.15) is 0 Å². The minimum absolute atomic E-state index is 0. The summed E-state index contributed by atoms with van der Waals surface area (Å²) in [4.78, 5) is 45.5. The van der Waals surface area contributed by atoms with Crippen LogP contribution in [0.25, 0.3) is 0 Å². The first-order valence-electron chi connectivity index (χ1n) is 13.0. The zero-order valence-electron chi connectivity index (χ0n) is 24.4. The molecule has 0 aromatic heterocycles. The standard InChI is InChI=1S/2C7H17NO.2C6H10O3.Ti/c2*1-3-8(4-2)6-5-7-9;2*1-3-5(4(2)7)6(8)9;/h2*9H,3-7H2,1-2H3;2*5H,3H2,1-2H3,(H,8,9);/q;;;;+2/p-2. The van der Waals surface area contributed by atoms with Crippen molar-refractivity contribution in [2.75, 3.05) is 52.5 Å². The van der Waals surface area contributed by atoms with Gasteiger partial charge in [0.1, 0.15) is 11.6 Å². The smallest absolute Gasteiger partial charge is 0.549 e. The first-order chi connectivity index (χ1) is 16.9. The molecule has 10 nitrogen and oxygen atoms in total. The Morgan fingerprint density at radius 1 is 0.622 bits per heavy atom. The number of aliphatic hydroxyl groups is 2. The maximum Gasteiger partial charge on any atom is 2.00 e. The van der Waals surface area contributed by atoms with E-state index < -0.39 is 23.8 Å². The first kappa shape index (κ1) is 45.7. The second-order valence-corrected chi connectivity index (χ2v) is 7.99. The normalized spacial score (nSPS) is 11.4. The van der Waals surface area contributed by atoms with Gasteiger partial charge in [-0.15, -0.1) is 0 Å². The molecule has 0 heterocycles. The Balaban J connectivity index is -0.000000122. The molecule has 0 saturated carbocycles. The van der Waals surface area contributed by atoms with Crippen LogP contribution in [-0.4, -0.2) is 96.0 Å². The van der Waals surface area contributed by atoms with Crippen LogP contribution in [0.4, 0.5) is 0 Å². The van der Waals surface area contributed by atoms with Gasteiger partial charge in [0.15, 0.2) is 0 Å². The molecule has 0 spiro atoms. The molecule has 0 aliphatic carbocycles. The minimum Gasteiger partial charge on any atom is -0.549 e. The molecule has 0 aliphatic rings. The van der Waals surface area contributed by atoms with E-state index in [0.29, 0.717) is 26.1 Å². The van der Waals surface area contributed by atoms with Crippen molar-refractivity contribution in [3.8, 4) is 0 Å². The fourth-order valence-electron chi connectivity index (χ4n) is 2.91. The Hall–Kier alpha value is -1.17. The van der Waals surface area contributed by atoms with Gasteiger partial charge in [0.05, 0.1) is 23.8 Å². The number of Topliss-reactive ketones (excluding diaryl/α,β-unsaturated/α-hetero) is 2. The number of aliphatic hydroxyl groups excluding tert-OH is 2.